The number of carboxylic acid groups (broad SMARTS) is 2. The van der Waals surface area contributed by atoms with E-state index in [1.165, 1.54) is 25.7 Å². The van der Waals surface area contributed by atoms with Crippen LogP contribution in [-0.4, -0.2) is 23.9 Å². The van der Waals surface area contributed by atoms with Crippen molar-refractivity contribution in [2.24, 2.45) is 0 Å². The van der Waals surface area contributed by atoms with Crippen LogP contribution in [0.2, 0.25) is 0 Å². The van der Waals surface area contributed by atoms with E-state index in [2.05, 4.69) is 48.7 Å². The first kappa shape index (κ1) is 36.9. The van der Waals surface area contributed by atoms with Crippen molar-refractivity contribution in [1.29, 1.82) is 0 Å². The van der Waals surface area contributed by atoms with Gasteiger partial charge in [0.2, 0.25) is 5.91 Å². The first-order valence-electron chi connectivity index (χ1n) is 11.3. The molecule has 0 fully saturated rings. The topological polar surface area (TPSA) is 109 Å². The summed E-state index contributed by atoms with van der Waals surface area (Å²) in [7, 11) is 0. The first-order chi connectivity index (χ1) is 15.0. The molecular formula is C25H37NNa2O5. The fraction of sp³-hybridized carbons (Fsp3) is 0.560. The number of aliphatic carboxylic acids is 2. The molecule has 0 radical (unpaired) electrons. The number of hydrogen-bond donors (Lipinski definition) is 1. The van der Waals surface area contributed by atoms with Crippen LogP contribution < -0.4 is 74.6 Å². The molecule has 1 amide bonds. The number of hydrogen-bond acceptors (Lipinski definition) is 5. The third-order valence-corrected chi connectivity index (χ3v) is 4.49. The van der Waals surface area contributed by atoms with Gasteiger partial charge in [-0.05, 0) is 57.8 Å². The Bertz CT molecular complexity index is 630. The van der Waals surface area contributed by atoms with Crippen LogP contribution in [-0.2, 0) is 14.4 Å². The predicted octanol–water partition coefficient (Wildman–Crippen LogP) is -3.10. The average Bonchev–Trinajstić information content (AvgIpc) is 2.73. The normalized spacial score (nSPS) is 12.2. The second-order valence-corrected chi connectivity index (χ2v) is 7.33. The second-order valence-electron chi connectivity index (χ2n) is 7.33. The zero-order chi connectivity index (χ0) is 23.2. The van der Waals surface area contributed by atoms with Gasteiger partial charge < -0.3 is 25.1 Å². The molecule has 0 unspecified atom stereocenters. The van der Waals surface area contributed by atoms with E-state index in [0.29, 0.717) is 12.8 Å². The predicted molar refractivity (Wildman–Crippen MR) is 120 cm³/mol. The molecule has 6 nitrogen and oxygen atoms in total. The summed E-state index contributed by atoms with van der Waals surface area (Å²) < 4.78 is 0. The van der Waals surface area contributed by atoms with Gasteiger partial charge in [-0.15, -0.1) is 0 Å². The van der Waals surface area contributed by atoms with Gasteiger partial charge in [0, 0.05) is 12.4 Å². The Hall–Kier alpha value is -0.630. The molecule has 0 aromatic heterocycles. The van der Waals surface area contributed by atoms with Gasteiger partial charge in [0.1, 0.15) is 0 Å². The second kappa shape index (κ2) is 27.6. The number of amides is 1. The molecule has 0 saturated heterocycles. The van der Waals surface area contributed by atoms with Gasteiger partial charge in [-0.1, -0.05) is 68.4 Å². The maximum absolute atomic E-state index is 11.8. The Morgan fingerprint density at radius 1 is 0.727 bits per heavy atom. The van der Waals surface area contributed by atoms with Crippen molar-refractivity contribution in [3.05, 3.63) is 48.6 Å². The van der Waals surface area contributed by atoms with Crippen molar-refractivity contribution in [3.8, 4) is 0 Å². The molecule has 0 aliphatic carbocycles. The fourth-order valence-corrected chi connectivity index (χ4v) is 2.72. The average molecular weight is 478 g/mol. The molecule has 0 aromatic carbocycles. The van der Waals surface area contributed by atoms with Gasteiger partial charge in [0.15, 0.2) is 0 Å². The Morgan fingerprint density at radius 2 is 1.21 bits per heavy atom. The van der Waals surface area contributed by atoms with Crippen molar-refractivity contribution >= 4 is 17.8 Å². The molecule has 0 bridgehead atoms. The summed E-state index contributed by atoms with van der Waals surface area (Å²) in [4.78, 5) is 33.1. The van der Waals surface area contributed by atoms with Gasteiger partial charge in [0.05, 0.1) is 12.0 Å². The first-order valence-corrected chi connectivity index (χ1v) is 11.3. The number of unbranched alkanes of at least 4 members (excludes halogenated alkanes) is 4. The number of rotatable bonds is 19. The molecule has 0 saturated carbocycles. The Balaban J connectivity index is -0.00000450. The van der Waals surface area contributed by atoms with Gasteiger partial charge in [-0.2, -0.15) is 0 Å². The number of carbonyl (C=O) groups is 3. The van der Waals surface area contributed by atoms with Crippen molar-refractivity contribution in [3.63, 3.8) is 0 Å². The molecule has 0 rings (SSSR count). The monoisotopic (exact) mass is 477 g/mol. The van der Waals surface area contributed by atoms with E-state index in [4.69, 9.17) is 0 Å². The van der Waals surface area contributed by atoms with E-state index in [0.717, 1.165) is 19.3 Å². The number of carboxylic acids is 2. The van der Waals surface area contributed by atoms with Crippen LogP contribution in [0.3, 0.4) is 0 Å². The molecule has 0 aliphatic rings. The smallest absolute Gasteiger partial charge is 0.550 e. The van der Waals surface area contributed by atoms with Crippen LogP contribution in [0.15, 0.2) is 48.6 Å². The van der Waals surface area contributed by atoms with Crippen molar-refractivity contribution in [2.45, 2.75) is 90.0 Å². The van der Waals surface area contributed by atoms with E-state index in [-0.39, 0.29) is 72.0 Å². The largest absolute Gasteiger partial charge is 1.00 e. The van der Waals surface area contributed by atoms with Crippen LogP contribution in [0.4, 0.5) is 0 Å². The van der Waals surface area contributed by atoms with Gasteiger partial charge >= 0.3 is 59.1 Å². The standard InChI is InChI=1S/C25H39NO5.2Na/c1-2-3-4-5-6-7-8-9-10-11-12-13-14-15-16-17-18-19-23(27)26-22(25(30)31)20-21-24(28)29;;/h6-7,9-10,12-13,15-16,22H,2-5,8,11,14,17-21H2,1H3,(H,26,27)(H,28,29)(H,30,31);;/q;2*+1/p-2/b7-6-,10-9-,13-12-,16-15-;;/t22-;;/m0../s1. The number of carbonyl (C=O) groups excluding carboxylic acids is 3. The van der Waals surface area contributed by atoms with Crippen molar-refractivity contribution in [2.75, 3.05) is 0 Å². The SMILES string of the molecule is CCCCC/C=C\C/C=C\C/C=C\C/C=C\CCCC(=O)N[C@@H](CCC(=O)[O-])C(=O)[O-].[Na+].[Na+]. The van der Waals surface area contributed by atoms with Crippen LogP contribution in [0, 0.1) is 0 Å². The molecule has 0 aromatic rings. The summed E-state index contributed by atoms with van der Waals surface area (Å²) in [6.45, 7) is 2.21. The van der Waals surface area contributed by atoms with Gasteiger partial charge in [-0.3, -0.25) is 4.79 Å². The van der Waals surface area contributed by atoms with Crippen LogP contribution in [0.5, 0.6) is 0 Å². The third kappa shape index (κ3) is 27.5. The minimum atomic E-state index is -1.49. The molecule has 8 heteroatoms. The summed E-state index contributed by atoms with van der Waals surface area (Å²) in [6, 6.07) is -1.30. The van der Waals surface area contributed by atoms with Crippen molar-refractivity contribution in [1.82, 2.24) is 5.32 Å². The quantitative estimate of drug-likeness (QED) is 0.120. The molecule has 33 heavy (non-hydrogen) atoms. The van der Waals surface area contributed by atoms with Crippen molar-refractivity contribution < 1.29 is 83.7 Å². The molecule has 0 spiro atoms. The summed E-state index contributed by atoms with van der Waals surface area (Å²) >= 11 is 0. The molecular weight excluding hydrogens is 440 g/mol. The van der Waals surface area contributed by atoms with E-state index in [1.807, 2.05) is 12.2 Å². The van der Waals surface area contributed by atoms with Gasteiger partial charge in [-0.25, -0.2) is 0 Å². The zero-order valence-corrected chi connectivity index (χ0v) is 24.7. The molecule has 1 N–H and O–H groups in total. The molecule has 0 heterocycles. The molecule has 0 aliphatic heterocycles. The van der Waals surface area contributed by atoms with E-state index >= 15 is 0 Å². The van der Waals surface area contributed by atoms with Gasteiger partial charge in [0.25, 0.3) is 0 Å². The van der Waals surface area contributed by atoms with Crippen LogP contribution in [0.1, 0.15) is 84.0 Å². The number of nitrogens with one attached hydrogen (secondary N) is 1. The molecule has 174 valence electrons. The van der Waals surface area contributed by atoms with Crippen LogP contribution >= 0.6 is 0 Å². The third-order valence-electron chi connectivity index (χ3n) is 4.49. The summed E-state index contributed by atoms with van der Waals surface area (Å²) in [5.41, 5.74) is 0. The minimum absolute atomic E-state index is 0. The maximum Gasteiger partial charge on any atom is 1.00 e. The minimum Gasteiger partial charge on any atom is -0.550 e. The Kier molecular flexibility index (Phi) is 30.9. The Morgan fingerprint density at radius 3 is 1.67 bits per heavy atom. The number of allylic oxidation sites excluding steroid dienone is 8. The maximum atomic E-state index is 11.8. The zero-order valence-electron chi connectivity index (χ0n) is 20.7. The molecule has 1 atom stereocenters. The van der Waals surface area contributed by atoms with E-state index < -0.39 is 30.3 Å². The van der Waals surface area contributed by atoms with E-state index in [9.17, 15) is 24.6 Å². The summed E-state index contributed by atoms with van der Waals surface area (Å²) in [5, 5.41) is 23.6. The summed E-state index contributed by atoms with van der Waals surface area (Å²) in [6.07, 6.45) is 25.5. The van der Waals surface area contributed by atoms with Crippen LogP contribution in [0.25, 0.3) is 0 Å². The Labute approximate surface area is 243 Å². The fourth-order valence-electron chi connectivity index (χ4n) is 2.72. The van der Waals surface area contributed by atoms with E-state index in [1.54, 1.807) is 0 Å². The summed E-state index contributed by atoms with van der Waals surface area (Å²) in [5.74, 6) is -3.28.